The van der Waals surface area contributed by atoms with Gasteiger partial charge in [0.05, 0.1) is 6.61 Å². The molecule has 0 aliphatic heterocycles. The van der Waals surface area contributed by atoms with Gasteiger partial charge in [0.25, 0.3) is 0 Å². The number of hydroxylamine groups is 1. The first-order valence-electron chi connectivity index (χ1n) is 3.36. The lowest BCUT2D eigenvalue weighted by molar-refractivity contribution is 0.211. The summed E-state index contributed by atoms with van der Waals surface area (Å²) >= 11 is 0. The average Bonchev–Trinajstić information content (AvgIpc) is 2.01. The van der Waals surface area contributed by atoms with Crippen molar-refractivity contribution in [3.8, 4) is 0 Å². The van der Waals surface area contributed by atoms with Crippen LogP contribution in [0.4, 0.5) is 0 Å². The van der Waals surface area contributed by atoms with E-state index in [1.807, 2.05) is 12.4 Å². The van der Waals surface area contributed by atoms with Crippen LogP contribution in [0.3, 0.4) is 0 Å². The summed E-state index contributed by atoms with van der Waals surface area (Å²) < 4.78 is 5.14. The largest absolute Gasteiger partial charge is 0.494 e. The monoisotopic (exact) mass is 155 g/mol. The fraction of sp³-hybridized carbons (Fsp3) is 0.250. The molecule has 0 rings (SSSR count). The van der Waals surface area contributed by atoms with Crippen LogP contribution in [-0.2, 0) is 4.74 Å². The molecule has 0 unspecified atom stereocenters. The minimum atomic E-state index is 0.593. The maximum absolute atomic E-state index is 8.21. The molecule has 0 aromatic rings. The van der Waals surface area contributed by atoms with Crippen molar-refractivity contribution in [2.45, 2.75) is 6.92 Å². The van der Waals surface area contributed by atoms with E-state index in [1.54, 1.807) is 18.2 Å². The van der Waals surface area contributed by atoms with Gasteiger partial charge in [0.15, 0.2) is 0 Å². The number of hydrogen-bond acceptors (Lipinski definition) is 3. The van der Waals surface area contributed by atoms with Gasteiger partial charge in [0.2, 0.25) is 0 Å². The average molecular weight is 155 g/mol. The van der Waals surface area contributed by atoms with Crippen LogP contribution in [0, 0.1) is 0 Å². The topological polar surface area (TPSA) is 41.5 Å². The van der Waals surface area contributed by atoms with Crippen molar-refractivity contribution >= 4 is 0 Å². The Morgan fingerprint density at radius 3 is 2.91 bits per heavy atom. The van der Waals surface area contributed by atoms with Gasteiger partial charge in [-0.1, -0.05) is 12.7 Å². The second kappa shape index (κ2) is 6.89. The van der Waals surface area contributed by atoms with Crippen LogP contribution in [0.2, 0.25) is 0 Å². The van der Waals surface area contributed by atoms with Crippen LogP contribution in [0.25, 0.3) is 0 Å². The molecule has 62 valence electrons. The van der Waals surface area contributed by atoms with Crippen LogP contribution < -0.4 is 5.48 Å². The molecule has 0 heterocycles. The van der Waals surface area contributed by atoms with Gasteiger partial charge in [0.1, 0.15) is 5.76 Å². The van der Waals surface area contributed by atoms with Gasteiger partial charge in [-0.3, -0.25) is 10.7 Å². The molecule has 0 aliphatic rings. The van der Waals surface area contributed by atoms with Gasteiger partial charge in [0, 0.05) is 6.20 Å². The quantitative estimate of drug-likeness (QED) is 0.360. The van der Waals surface area contributed by atoms with Crippen molar-refractivity contribution in [1.82, 2.24) is 5.48 Å². The summed E-state index contributed by atoms with van der Waals surface area (Å²) in [5.74, 6) is 0.657. The Morgan fingerprint density at radius 2 is 2.45 bits per heavy atom. The zero-order valence-corrected chi connectivity index (χ0v) is 6.58. The predicted molar refractivity (Wildman–Crippen MR) is 44.0 cm³/mol. The molecule has 3 nitrogen and oxygen atoms in total. The van der Waals surface area contributed by atoms with Gasteiger partial charge < -0.3 is 4.74 Å². The lowest BCUT2D eigenvalue weighted by atomic mass is 10.4. The van der Waals surface area contributed by atoms with Crippen molar-refractivity contribution < 1.29 is 9.94 Å². The van der Waals surface area contributed by atoms with E-state index >= 15 is 0 Å². The van der Waals surface area contributed by atoms with E-state index in [2.05, 4.69) is 6.58 Å². The maximum Gasteiger partial charge on any atom is 0.120 e. The smallest absolute Gasteiger partial charge is 0.120 e. The molecule has 0 aromatic carbocycles. The van der Waals surface area contributed by atoms with E-state index in [4.69, 9.17) is 9.94 Å². The third kappa shape index (κ3) is 5.24. The van der Waals surface area contributed by atoms with Crippen LogP contribution in [0.1, 0.15) is 6.92 Å². The number of hydrogen-bond donors (Lipinski definition) is 2. The summed E-state index contributed by atoms with van der Waals surface area (Å²) in [6.45, 7) is 6.00. The molecule has 0 spiro atoms. The van der Waals surface area contributed by atoms with Crippen LogP contribution >= 0.6 is 0 Å². The van der Waals surface area contributed by atoms with Crippen molar-refractivity contribution in [1.29, 1.82) is 0 Å². The Balaban J connectivity index is 3.98. The normalized spacial score (nSPS) is 11.6. The summed E-state index contributed by atoms with van der Waals surface area (Å²) in [5.41, 5.74) is 1.88. The Labute approximate surface area is 66.6 Å². The predicted octanol–water partition coefficient (Wildman–Crippen LogP) is 1.59. The Hall–Kier alpha value is -1.22. The van der Waals surface area contributed by atoms with E-state index < -0.39 is 0 Å². The molecule has 0 radical (unpaired) electrons. The van der Waals surface area contributed by atoms with E-state index in [9.17, 15) is 0 Å². The molecule has 0 aliphatic carbocycles. The van der Waals surface area contributed by atoms with Gasteiger partial charge in [-0.25, -0.2) is 0 Å². The zero-order chi connectivity index (χ0) is 8.53. The summed E-state index contributed by atoms with van der Waals surface area (Å²) in [6.07, 6.45) is 6.29. The summed E-state index contributed by atoms with van der Waals surface area (Å²) in [5, 5.41) is 8.21. The molecule has 0 bridgehead atoms. The molecule has 0 fully saturated rings. The highest BCUT2D eigenvalue weighted by atomic mass is 16.5. The number of allylic oxidation sites excluding steroid dienone is 3. The lowest BCUT2D eigenvalue weighted by Gasteiger charge is -2.01. The number of nitrogens with one attached hydrogen (secondary N) is 1. The molecule has 2 N–H and O–H groups in total. The van der Waals surface area contributed by atoms with Crippen LogP contribution in [0.5, 0.6) is 0 Å². The summed E-state index contributed by atoms with van der Waals surface area (Å²) in [6, 6.07) is 0. The minimum Gasteiger partial charge on any atom is -0.494 e. The van der Waals surface area contributed by atoms with Gasteiger partial charge in [-0.15, -0.1) is 0 Å². The van der Waals surface area contributed by atoms with Gasteiger partial charge >= 0.3 is 0 Å². The van der Waals surface area contributed by atoms with Crippen LogP contribution in [0.15, 0.2) is 36.8 Å². The molecule has 0 atom stereocenters. The van der Waals surface area contributed by atoms with Crippen molar-refractivity contribution in [3.63, 3.8) is 0 Å². The molecule has 0 saturated carbocycles. The van der Waals surface area contributed by atoms with E-state index in [-0.39, 0.29) is 0 Å². The number of ether oxygens (including phenoxy) is 1. The third-order valence-corrected chi connectivity index (χ3v) is 0.915. The third-order valence-electron chi connectivity index (χ3n) is 0.915. The van der Waals surface area contributed by atoms with Gasteiger partial charge in [-0.05, 0) is 19.1 Å². The van der Waals surface area contributed by atoms with Gasteiger partial charge in [-0.2, -0.15) is 0 Å². The molecule has 0 aromatic heterocycles. The van der Waals surface area contributed by atoms with Crippen molar-refractivity contribution in [3.05, 3.63) is 36.8 Å². The Bertz CT molecular complexity index is 161. The molecule has 0 amide bonds. The molecule has 3 heteroatoms. The molecule has 0 saturated heterocycles. The number of rotatable bonds is 5. The first-order valence-corrected chi connectivity index (χ1v) is 3.36. The van der Waals surface area contributed by atoms with Crippen molar-refractivity contribution in [2.75, 3.05) is 6.61 Å². The SMILES string of the molecule is C=C/C=C(\C=C/NO)OCC. The van der Waals surface area contributed by atoms with E-state index in [0.29, 0.717) is 12.4 Å². The Kier molecular flexibility index (Phi) is 6.13. The highest BCUT2D eigenvalue weighted by Gasteiger charge is 1.86. The maximum atomic E-state index is 8.21. The first kappa shape index (κ1) is 9.78. The molecular weight excluding hydrogens is 142 g/mol. The van der Waals surface area contributed by atoms with E-state index in [0.717, 1.165) is 0 Å². The highest BCUT2D eigenvalue weighted by molar-refractivity contribution is 5.16. The summed E-state index contributed by atoms with van der Waals surface area (Å²) in [4.78, 5) is 0. The highest BCUT2D eigenvalue weighted by Crippen LogP contribution is 1.98. The zero-order valence-electron chi connectivity index (χ0n) is 6.58. The standard InChI is InChI=1S/C8H13NO2/c1-3-5-8(11-4-2)6-7-9-10/h3,5-7,9-10H,1,4H2,2H3/b7-6-,8-5+. The molecule has 11 heavy (non-hydrogen) atoms. The second-order valence-electron chi connectivity index (χ2n) is 1.70. The lowest BCUT2D eigenvalue weighted by Crippen LogP contribution is -1.95. The first-order chi connectivity index (χ1) is 5.35. The van der Waals surface area contributed by atoms with Crippen molar-refractivity contribution in [2.24, 2.45) is 0 Å². The second-order valence-corrected chi connectivity index (χ2v) is 1.70. The fourth-order valence-corrected chi connectivity index (χ4v) is 0.554. The van der Waals surface area contributed by atoms with E-state index in [1.165, 1.54) is 6.20 Å². The van der Waals surface area contributed by atoms with Crippen LogP contribution in [-0.4, -0.2) is 11.8 Å². The minimum absolute atomic E-state index is 0.593. The Morgan fingerprint density at radius 1 is 1.73 bits per heavy atom. The molecular formula is C8H13NO2. The fourth-order valence-electron chi connectivity index (χ4n) is 0.554. The summed E-state index contributed by atoms with van der Waals surface area (Å²) in [7, 11) is 0.